The van der Waals surface area contributed by atoms with Crippen molar-refractivity contribution < 1.29 is 14.3 Å². The number of rotatable bonds is 5. The third-order valence-electron chi connectivity index (χ3n) is 5.47. The molecule has 0 spiro atoms. The highest BCUT2D eigenvalue weighted by molar-refractivity contribution is 6.34. The number of ether oxygens (including phenoxy) is 1. The molecule has 6 heteroatoms. The topological polar surface area (TPSA) is 58.6 Å². The average Bonchev–Trinajstić information content (AvgIpc) is 2.80. The van der Waals surface area contributed by atoms with Crippen LogP contribution in [0.2, 0.25) is 5.02 Å². The molecule has 3 aromatic carbocycles. The lowest BCUT2D eigenvalue weighted by molar-refractivity contribution is 0.0600. The van der Waals surface area contributed by atoms with Gasteiger partial charge in [0.2, 0.25) is 0 Å². The van der Waals surface area contributed by atoms with Crippen LogP contribution in [0, 0.1) is 0 Å². The average molecular weight is 435 g/mol. The minimum Gasteiger partial charge on any atom is -0.465 e. The predicted molar refractivity (Wildman–Crippen MR) is 121 cm³/mol. The van der Waals surface area contributed by atoms with Gasteiger partial charge in [-0.05, 0) is 53.4 Å². The van der Waals surface area contributed by atoms with E-state index in [0.717, 1.165) is 31.6 Å². The number of anilines is 1. The van der Waals surface area contributed by atoms with Gasteiger partial charge in [-0.2, -0.15) is 0 Å². The van der Waals surface area contributed by atoms with Gasteiger partial charge >= 0.3 is 5.97 Å². The smallest absolute Gasteiger partial charge is 0.337 e. The maximum Gasteiger partial charge on any atom is 0.337 e. The van der Waals surface area contributed by atoms with Crippen molar-refractivity contribution in [3.05, 3.63) is 99.6 Å². The van der Waals surface area contributed by atoms with Gasteiger partial charge in [-0.1, -0.05) is 48.0 Å². The van der Waals surface area contributed by atoms with Crippen molar-refractivity contribution in [2.24, 2.45) is 0 Å². The maximum atomic E-state index is 12.7. The summed E-state index contributed by atoms with van der Waals surface area (Å²) in [5.41, 5.74) is 5.18. The molecule has 1 aliphatic heterocycles. The molecule has 1 N–H and O–H groups in total. The van der Waals surface area contributed by atoms with E-state index in [-0.39, 0.29) is 5.91 Å². The summed E-state index contributed by atoms with van der Waals surface area (Å²) in [6, 6.07) is 20.8. The van der Waals surface area contributed by atoms with Crippen LogP contribution in [0.1, 0.15) is 37.4 Å². The quantitative estimate of drug-likeness (QED) is 0.578. The molecule has 0 bridgehead atoms. The predicted octanol–water partition coefficient (Wildman–Crippen LogP) is 4.94. The highest BCUT2D eigenvalue weighted by Crippen LogP contribution is 2.25. The molecule has 4 rings (SSSR count). The van der Waals surface area contributed by atoms with Crippen LogP contribution in [0.15, 0.2) is 66.7 Å². The standard InChI is InChI=1S/C25H23ClN2O3/c1-31-25(30)20-10-11-22(26)23(14-20)27-24(29)19-8-6-17(7-9-19)15-28-13-12-18-4-2-3-5-21(18)16-28/h2-11,14H,12-13,15-16H2,1H3,(H,27,29). The summed E-state index contributed by atoms with van der Waals surface area (Å²) in [6.07, 6.45) is 1.06. The van der Waals surface area contributed by atoms with E-state index in [4.69, 9.17) is 16.3 Å². The molecule has 31 heavy (non-hydrogen) atoms. The Kier molecular flexibility index (Phi) is 6.35. The number of esters is 1. The first-order chi connectivity index (χ1) is 15.0. The lowest BCUT2D eigenvalue weighted by atomic mass is 9.99. The van der Waals surface area contributed by atoms with Gasteiger partial charge in [0.15, 0.2) is 0 Å². The first kappa shape index (κ1) is 21.1. The van der Waals surface area contributed by atoms with Crippen LogP contribution in [0.4, 0.5) is 5.69 Å². The summed E-state index contributed by atoms with van der Waals surface area (Å²) < 4.78 is 4.72. The molecule has 1 amide bonds. The van der Waals surface area contributed by atoms with E-state index in [1.54, 1.807) is 24.3 Å². The van der Waals surface area contributed by atoms with Crippen molar-refractivity contribution in [2.45, 2.75) is 19.5 Å². The Morgan fingerprint density at radius 1 is 1.00 bits per heavy atom. The van der Waals surface area contributed by atoms with Crippen molar-refractivity contribution in [2.75, 3.05) is 19.0 Å². The molecule has 3 aromatic rings. The second-order valence-corrected chi connectivity index (χ2v) is 7.97. The Balaban J connectivity index is 1.40. The number of halogens is 1. The molecule has 0 radical (unpaired) electrons. The maximum absolute atomic E-state index is 12.7. The van der Waals surface area contributed by atoms with E-state index in [2.05, 4.69) is 34.5 Å². The minimum absolute atomic E-state index is 0.289. The zero-order valence-corrected chi connectivity index (χ0v) is 18.0. The first-order valence-electron chi connectivity index (χ1n) is 10.1. The number of hydrogen-bond acceptors (Lipinski definition) is 4. The van der Waals surface area contributed by atoms with E-state index in [9.17, 15) is 9.59 Å². The summed E-state index contributed by atoms with van der Waals surface area (Å²) in [7, 11) is 1.30. The summed E-state index contributed by atoms with van der Waals surface area (Å²) in [6.45, 7) is 2.80. The highest BCUT2D eigenvalue weighted by atomic mass is 35.5. The molecular formula is C25H23ClN2O3. The highest BCUT2D eigenvalue weighted by Gasteiger charge is 2.16. The Labute approximate surface area is 186 Å². The summed E-state index contributed by atoms with van der Waals surface area (Å²) in [5.74, 6) is -0.778. The van der Waals surface area contributed by atoms with Gasteiger partial charge in [0.1, 0.15) is 0 Å². The molecule has 5 nitrogen and oxygen atoms in total. The van der Waals surface area contributed by atoms with E-state index in [1.807, 2.05) is 12.1 Å². The van der Waals surface area contributed by atoms with Gasteiger partial charge in [-0.25, -0.2) is 4.79 Å². The number of amides is 1. The van der Waals surface area contributed by atoms with Gasteiger partial charge in [-0.3, -0.25) is 9.69 Å². The zero-order chi connectivity index (χ0) is 21.8. The number of nitrogens with one attached hydrogen (secondary N) is 1. The van der Waals surface area contributed by atoms with E-state index in [0.29, 0.717) is 21.8 Å². The second kappa shape index (κ2) is 9.33. The third-order valence-corrected chi connectivity index (χ3v) is 5.80. The number of benzene rings is 3. The molecule has 0 saturated heterocycles. The summed E-state index contributed by atoms with van der Waals surface area (Å²) >= 11 is 6.17. The molecule has 0 saturated carbocycles. The van der Waals surface area contributed by atoms with Crippen LogP contribution in [-0.4, -0.2) is 30.4 Å². The van der Waals surface area contributed by atoms with Crippen LogP contribution in [0.5, 0.6) is 0 Å². The minimum atomic E-state index is -0.489. The Morgan fingerprint density at radius 3 is 2.45 bits per heavy atom. The van der Waals surface area contributed by atoms with Gasteiger partial charge < -0.3 is 10.1 Å². The van der Waals surface area contributed by atoms with Gasteiger partial charge in [0.05, 0.1) is 23.4 Å². The Morgan fingerprint density at radius 2 is 1.71 bits per heavy atom. The molecule has 0 aromatic heterocycles. The van der Waals surface area contributed by atoms with Crippen LogP contribution in [-0.2, 0) is 24.2 Å². The van der Waals surface area contributed by atoms with Crippen molar-refractivity contribution >= 4 is 29.2 Å². The van der Waals surface area contributed by atoms with Crippen LogP contribution >= 0.6 is 11.6 Å². The normalized spacial score (nSPS) is 13.4. The van der Waals surface area contributed by atoms with Gasteiger partial charge in [-0.15, -0.1) is 0 Å². The molecular weight excluding hydrogens is 412 g/mol. The number of nitrogens with zero attached hydrogens (tertiary/aromatic N) is 1. The SMILES string of the molecule is COC(=O)c1ccc(Cl)c(NC(=O)c2ccc(CN3CCc4ccccc4C3)cc2)c1. The Hall–Kier alpha value is -3.15. The molecule has 1 heterocycles. The number of hydrogen-bond donors (Lipinski definition) is 1. The number of carbonyl (C=O) groups excluding carboxylic acids is 2. The lowest BCUT2D eigenvalue weighted by Gasteiger charge is -2.28. The fourth-order valence-electron chi connectivity index (χ4n) is 3.77. The second-order valence-electron chi connectivity index (χ2n) is 7.57. The van der Waals surface area contributed by atoms with E-state index >= 15 is 0 Å². The number of methoxy groups -OCH3 is 1. The Bertz CT molecular complexity index is 1110. The van der Waals surface area contributed by atoms with Crippen molar-refractivity contribution in [1.82, 2.24) is 4.90 Å². The van der Waals surface area contributed by atoms with Crippen molar-refractivity contribution in [1.29, 1.82) is 0 Å². The van der Waals surface area contributed by atoms with Gasteiger partial charge in [0.25, 0.3) is 5.91 Å². The monoisotopic (exact) mass is 434 g/mol. The molecule has 1 aliphatic rings. The molecule has 0 fully saturated rings. The van der Waals surface area contributed by atoms with E-state index < -0.39 is 5.97 Å². The first-order valence-corrected chi connectivity index (χ1v) is 10.5. The lowest BCUT2D eigenvalue weighted by Crippen LogP contribution is -2.29. The van der Waals surface area contributed by atoms with Gasteiger partial charge in [0, 0.05) is 25.2 Å². The van der Waals surface area contributed by atoms with Crippen LogP contribution in [0.3, 0.4) is 0 Å². The van der Waals surface area contributed by atoms with Crippen molar-refractivity contribution in [3.63, 3.8) is 0 Å². The zero-order valence-electron chi connectivity index (χ0n) is 17.2. The van der Waals surface area contributed by atoms with Crippen molar-refractivity contribution in [3.8, 4) is 0 Å². The third kappa shape index (κ3) is 4.95. The molecule has 0 atom stereocenters. The molecule has 158 valence electrons. The molecule has 0 unspecified atom stereocenters. The van der Waals surface area contributed by atoms with Crippen LogP contribution < -0.4 is 5.32 Å². The number of fused-ring (bicyclic) bond motifs is 1. The summed E-state index contributed by atoms with van der Waals surface area (Å²) in [4.78, 5) is 26.8. The fourth-order valence-corrected chi connectivity index (χ4v) is 3.93. The number of carbonyl (C=O) groups is 2. The largest absolute Gasteiger partial charge is 0.465 e. The summed E-state index contributed by atoms with van der Waals surface area (Å²) in [5, 5.41) is 3.12. The fraction of sp³-hybridized carbons (Fsp3) is 0.200. The molecule has 0 aliphatic carbocycles. The van der Waals surface area contributed by atoms with E-state index in [1.165, 1.54) is 24.3 Å². The van der Waals surface area contributed by atoms with Crippen LogP contribution in [0.25, 0.3) is 0 Å².